The topological polar surface area (TPSA) is 59.1 Å². The Hall–Kier alpha value is -1.16. The lowest BCUT2D eigenvalue weighted by atomic mass is 10.1. The highest BCUT2D eigenvalue weighted by Gasteiger charge is 2.06. The van der Waals surface area contributed by atoms with Gasteiger partial charge in [-0.3, -0.25) is 5.41 Å². The third-order valence-electron chi connectivity index (χ3n) is 2.17. The number of nitrogen functional groups attached to an aromatic ring is 1. The number of thioether (sulfide) groups is 1. The van der Waals surface area contributed by atoms with Crippen molar-refractivity contribution in [3.63, 3.8) is 0 Å². The lowest BCUT2D eigenvalue weighted by molar-refractivity contribution is 0.413. The van der Waals surface area contributed by atoms with E-state index in [1.54, 1.807) is 7.11 Å². The molecule has 0 aliphatic rings. The van der Waals surface area contributed by atoms with Crippen LogP contribution in [-0.4, -0.2) is 18.7 Å². The van der Waals surface area contributed by atoms with Crippen LogP contribution in [0.5, 0.6) is 5.75 Å². The van der Waals surface area contributed by atoms with Gasteiger partial charge in [0.2, 0.25) is 0 Å². The predicted octanol–water partition coefficient (Wildman–Crippen LogP) is 2.62. The molecule has 0 spiro atoms. The number of nitrogens with two attached hydrogens (primary N) is 1. The van der Waals surface area contributed by atoms with Gasteiger partial charge in [-0.2, -0.15) is 11.8 Å². The highest BCUT2D eigenvalue weighted by Crippen LogP contribution is 2.22. The summed E-state index contributed by atoms with van der Waals surface area (Å²) in [5, 5.41) is 7.41. The summed E-state index contributed by atoms with van der Waals surface area (Å²) in [6.45, 7) is 2.17. The van der Waals surface area contributed by atoms with Gasteiger partial charge in [0.25, 0.3) is 0 Å². The number of hydrogen-bond acceptors (Lipinski definition) is 3. The molecule has 0 unspecified atom stereocenters. The Morgan fingerprint density at radius 1 is 1.50 bits per heavy atom. The molecule has 3 N–H and O–H groups in total. The number of amidine groups is 1. The van der Waals surface area contributed by atoms with Crippen molar-refractivity contribution in [2.24, 2.45) is 5.73 Å². The number of nitrogens with one attached hydrogen (secondary N) is 1. The van der Waals surface area contributed by atoms with Crippen LogP contribution in [0.2, 0.25) is 0 Å². The molecule has 0 aliphatic carbocycles. The number of rotatable bonds is 6. The van der Waals surface area contributed by atoms with Gasteiger partial charge in [-0.25, -0.2) is 0 Å². The quantitative estimate of drug-likeness (QED) is 0.455. The molecule has 3 nitrogen and oxygen atoms in total. The van der Waals surface area contributed by atoms with E-state index in [2.05, 4.69) is 6.92 Å². The molecule has 1 aromatic carbocycles. The smallest absolute Gasteiger partial charge is 0.130 e. The fraction of sp³-hybridized carbons (Fsp3) is 0.417. The first-order valence-electron chi connectivity index (χ1n) is 5.28. The largest absolute Gasteiger partial charge is 0.496 e. The second kappa shape index (κ2) is 6.43. The Bertz CT molecular complexity index is 366. The van der Waals surface area contributed by atoms with Gasteiger partial charge in [0.05, 0.1) is 12.7 Å². The zero-order valence-corrected chi connectivity index (χ0v) is 10.6. The minimum absolute atomic E-state index is 0.0459. The molecule has 0 radical (unpaired) electrons. The average Bonchev–Trinajstić information content (AvgIpc) is 2.29. The van der Waals surface area contributed by atoms with Gasteiger partial charge in [0.15, 0.2) is 0 Å². The molecular weight excluding hydrogens is 220 g/mol. The van der Waals surface area contributed by atoms with E-state index >= 15 is 0 Å². The Morgan fingerprint density at radius 3 is 2.81 bits per heavy atom. The lowest BCUT2D eigenvalue weighted by Crippen LogP contribution is -2.12. The van der Waals surface area contributed by atoms with E-state index in [-0.39, 0.29) is 5.84 Å². The summed E-state index contributed by atoms with van der Waals surface area (Å²) in [5.41, 5.74) is 7.33. The van der Waals surface area contributed by atoms with Crippen molar-refractivity contribution in [3.05, 3.63) is 29.3 Å². The van der Waals surface area contributed by atoms with Gasteiger partial charge < -0.3 is 10.5 Å². The Labute approximate surface area is 101 Å². The molecule has 0 aliphatic heterocycles. The Morgan fingerprint density at radius 2 is 2.25 bits per heavy atom. The molecule has 1 aromatic rings. The molecule has 1 rings (SSSR count). The van der Waals surface area contributed by atoms with Gasteiger partial charge in [0, 0.05) is 5.75 Å². The fourth-order valence-corrected chi connectivity index (χ4v) is 2.23. The van der Waals surface area contributed by atoms with Crippen molar-refractivity contribution in [1.29, 1.82) is 5.41 Å². The van der Waals surface area contributed by atoms with Crippen LogP contribution in [0.4, 0.5) is 0 Å². The van der Waals surface area contributed by atoms with Gasteiger partial charge in [-0.05, 0) is 29.9 Å². The zero-order valence-electron chi connectivity index (χ0n) is 9.75. The van der Waals surface area contributed by atoms with Crippen LogP contribution in [0.25, 0.3) is 0 Å². The zero-order chi connectivity index (χ0) is 12.0. The molecule has 0 bridgehead atoms. The normalized spacial score (nSPS) is 10.1. The summed E-state index contributed by atoms with van der Waals surface area (Å²) in [7, 11) is 1.60. The molecule has 4 heteroatoms. The maximum atomic E-state index is 7.41. The van der Waals surface area contributed by atoms with Crippen LogP contribution in [0.1, 0.15) is 24.5 Å². The predicted molar refractivity (Wildman–Crippen MR) is 70.5 cm³/mol. The summed E-state index contributed by atoms with van der Waals surface area (Å²) in [6, 6.07) is 5.81. The maximum absolute atomic E-state index is 7.41. The van der Waals surface area contributed by atoms with Gasteiger partial charge in [-0.1, -0.05) is 13.0 Å². The minimum atomic E-state index is 0.0459. The fourth-order valence-electron chi connectivity index (χ4n) is 1.38. The monoisotopic (exact) mass is 238 g/mol. The van der Waals surface area contributed by atoms with Crippen LogP contribution < -0.4 is 10.5 Å². The second-order valence-corrected chi connectivity index (χ2v) is 4.61. The van der Waals surface area contributed by atoms with Crippen molar-refractivity contribution in [2.75, 3.05) is 12.9 Å². The first-order chi connectivity index (χ1) is 7.69. The Kier molecular flexibility index (Phi) is 5.19. The standard InChI is InChI=1S/C12H18N2OS/c1-3-6-16-8-9-4-5-10(12(13)14)11(7-9)15-2/h4-5,7H,3,6,8H2,1-2H3,(H3,13,14). The Balaban J connectivity index is 2.78. The van der Waals surface area contributed by atoms with Crippen molar-refractivity contribution in [2.45, 2.75) is 19.1 Å². The highest BCUT2D eigenvalue weighted by atomic mass is 32.2. The first-order valence-corrected chi connectivity index (χ1v) is 6.43. The van der Waals surface area contributed by atoms with E-state index in [4.69, 9.17) is 15.9 Å². The van der Waals surface area contributed by atoms with Crippen LogP contribution in [-0.2, 0) is 5.75 Å². The van der Waals surface area contributed by atoms with Crippen LogP contribution >= 0.6 is 11.8 Å². The van der Waals surface area contributed by atoms with E-state index in [0.29, 0.717) is 11.3 Å². The van der Waals surface area contributed by atoms with Crippen molar-refractivity contribution in [1.82, 2.24) is 0 Å². The summed E-state index contributed by atoms with van der Waals surface area (Å²) in [6.07, 6.45) is 1.19. The van der Waals surface area contributed by atoms with Crippen molar-refractivity contribution >= 4 is 17.6 Å². The van der Waals surface area contributed by atoms with Crippen LogP contribution in [0, 0.1) is 5.41 Å². The van der Waals surface area contributed by atoms with Crippen molar-refractivity contribution < 1.29 is 4.74 Å². The SMILES string of the molecule is CCCSCc1ccc(C(=N)N)c(OC)c1. The summed E-state index contributed by atoms with van der Waals surface area (Å²) < 4.78 is 5.22. The van der Waals surface area contributed by atoms with E-state index in [1.807, 2.05) is 30.0 Å². The summed E-state index contributed by atoms with van der Waals surface area (Å²) in [5.74, 6) is 2.87. The molecule has 88 valence electrons. The summed E-state index contributed by atoms with van der Waals surface area (Å²) in [4.78, 5) is 0. The number of hydrogen-bond donors (Lipinski definition) is 2. The van der Waals surface area contributed by atoms with Crippen molar-refractivity contribution in [3.8, 4) is 5.75 Å². The second-order valence-electron chi connectivity index (χ2n) is 3.50. The molecule has 0 fully saturated rings. The third-order valence-corrected chi connectivity index (χ3v) is 3.41. The molecular formula is C12H18N2OS. The first kappa shape index (κ1) is 12.9. The minimum Gasteiger partial charge on any atom is -0.496 e. The molecule has 0 saturated heterocycles. The van der Waals surface area contributed by atoms with Gasteiger partial charge in [0.1, 0.15) is 11.6 Å². The van der Waals surface area contributed by atoms with Crippen LogP contribution in [0.15, 0.2) is 18.2 Å². The van der Waals surface area contributed by atoms with E-state index < -0.39 is 0 Å². The molecule has 0 atom stereocenters. The van der Waals surface area contributed by atoms with Gasteiger partial charge >= 0.3 is 0 Å². The highest BCUT2D eigenvalue weighted by molar-refractivity contribution is 7.98. The number of ether oxygens (including phenoxy) is 1. The maximum Gasteiger partial charge on any atom is 0.130 e. The van der Waals surface area contributed by atoms with E-state index in [1.165, 1.54) is 12.0 Å². The molecule has 0 amide bonds. The summed E-state index contributed by atoms with van der Waals surface area (Å²) >= 11 is 1.90. The van der Waals surface area contributed by atoms with Crippen LogP contribution in [0.3, 0.4) is 0 Å². The van der Waals surface area contributed by atoms with Gasteiger partial charge in [-0.15, -0.1) is 0 Å². The number of methoxy groups -OCH3 is 1. The van der Waals surface area contributed by atoms with E-state index in [9.17, 15) is 0 Å². The molecule has 16 heavy (non-hydrogen) atoms. The third kappa shape index (κ3) is 3.45. The average molecular weight is 238 g/mol. The molecule has 0 saturated carbocycles. The lowest BCUT2D eigenvalue weighted by Gasteiger charge is -2.09. The van der Waals surface area contributed by atoms with E-state index in [0.717, 1.165) is 11.5 Å². The number of benzene rings is 1. The molecule has 0 heterocycles. The molecule has 0 aromatic heterocycles.